The molecule has 0 amide bonds. The van der Waals surface area contributed by atoms with Gasteiger partial charge in [0.25, 0.3) is 0 Å². The summed E-state index contributed by atoms with van der Waals surface area (Å²) in [6.07, 6.45) is 5.60. The molecule has 1 fully saturated rings. The van der Waals surface area contributed by atoms with Crippen LogP contribution in [-0.4, -0.2) is 41.7 Å². The summed E-state index contributed by atoms with van der Waals surface area (Å²) in [6.45, 7) is 9.03. The van der Waals surface area contributed by atoms with Crippen molar-refractivity contribution in [3.05, 3.63) is 12.3 Å². The molecule has 0 aromatic carbocycles. The molecule has 5 heteroatoms. The van der Waals surface area contributed by atoms with Gasteiger partial charge in [0, 0.05) is 30.9 Å². The summed E-state index contributed by atoms with van der Waals surface area (Å²) in [5.41, 5.74) is 0. The normalized spacial score (nSPS) is 19.1. The van der Waals surface area contributed by atoms with E-state index in [0.29, 0.717) is 24.6 Å². The smallest absolute Gasteiger partial charge is 0.228 e. The third kappa shape index (κ3) is 4.07. The molecule has 1 aliphatic rings. The van der Waals surface area contributed by atoms with Crippen LogP contribution < -0.4 is 15.0 Å². The van der Waals surface area contributed by atoms with Crippen LogP contribution in [-0.2, 0) is 0 Å². The molecule has 1 unspecified atom stereocenters. The van der Waals surface area contributed by atoms with Crippen molar-refractivity contribution in [1.82, 2.24) is 15.3 Å². The fourth-order valence-corrected chi connectivity index (χ4v) is 2.54. The highest BCUT2D eigenvalue weighted by molar-refractivity contribution is 5.33. The molecule has 5 nitrogen and oxygen atoms in total. The molecule has 2 heterocycles. The van der Waals surface area contributed by atoms with Crippen LogP contribution >= 0.6 is 0 Å². The Bertz CT molecular complexity index is 405. The van der Waals surface area contributed by atoms with Gasteiger partial charge in [-0.05, 0) is 40.2 Å². The summed E-state index contributed by atoms with van der Waals surface area (Å²) in [7, 11) is 0. The lowest BCUT2D eigenvalue weighted by Crippen LogP contribution is -2.46. The second-order valence-electron chi connectivity index (χ2n) is 5.52. The van der Waals surface area contributed by atoms with Crippen LogP contribution in [0.25, 0.3) is 0 Å². The van der Waals surface area contributed by atoms with E-state index in [2.05, 4.69) is 34.0 Å². The first kappa shape index (κ1) is 15.0. The molecule has 2 rings (SSSR count). The topological polar surface area (TPSA) is 50.3 Å². The van der Waals surface area contributed by atoms with Crippen LogP contribution in [0.3, 0.4) is 0 Å². The fraction of sp³-hybridized carbons (Fsp3) is 0.733. The molecule has 1 aromatic rings. The van der Waals surface area contributed by atoms with E-state index in [1.165, 1.54) is 19.3 Å². The molecule has 1 aromatic heterocycles. The van der Waals surface area contributed by atoms with Gasteiger partial charge in [0.2, 0.25) is 11.8 Å². The van der Waals surface area contributed by atoms with E-state index in [4.69, 9.17) is 4.74 Å². The van der Waals surface area contributed by atoms with Gasteiger partial charge in [0.05, 0.1) is 6.61 Å². The summed E-state index contributed by atoms with van der Waals surface area (Å²) in [5, 5.41) is 3.59. The lowest BCUT2D eigenvalue weighted by molar-refractivity contribution is 0.325. The maximum absolute atomic E-state index is 5.47. The van der Waals surface area contributed by atoms with Gasteiger partial charge < -0.3 is 15.0 Å². The number of ether oxygens (including phenoxy) is 1. The third-order valence-corrected chi connectivity index (χ3v) is 3.62. The maximum Gasteiger partial charge on any atom is 0.228 e. The molecule has 0 aliphatic carbocycles. The highest BCUT2D eigenvalue weighted by Crippen LogP contribution is 2.17. The monoisotopic (exact) mass is 278 g/mol. The van der Waals surface area contributed by atoms with Gasteiger partial charge in [-0.2, -0.15) is 4.98 Å². The molecular weight excluding hydrogens is 252 g/mol. The Morgan fingerprint density at radius 2 is 2.30 bits per heavy atom. The van der Waals surface area contributed by atoms with E-state index >= 15 is 0 Å². The van der Waals surface area contributed by atoms with Gasteiger partial charge in [-0.25, -0.2) is 4.98 Å². The van der Waals surface area contributed by atoms with Crippen LogP contribution in [0, 0.1) is 0 Å². The van der Waals surface area contributed by atoms with Gasteiger partial charge in [0.1, 0.15) is 0 Å². The molecule has 0 bridgehead atoms. The Morgan fingerprint density at radius 1 is 1.45 bits per heavy atom. The molecule has 112 valence electrons. The second-order valence-corrected chi connectivity index (χ2v) is 5.52. The number of piperidine rings is 1. The van der Waals surface area contributed by atoms with Crippen LogP contribution in [0.5, 0.6) is 5.88 Å². The minimum Gasteiger partial charge on any atom is -0.478 e. The summed E-state index contributed by atoms with van der Waals surface area (Å²) in [5.74, 6) is 1.41. The molecular formula is C15H26N4O. The predicted octanol–water partition coefficient (Wildman–Crippen LogP) is 2.23. The number of anilines is 1. The molecule has 0 saturated carbocycles. The standard InChI is InChI=1S/C15H26N4O/c1-4-20-14-8-10-17-15(18-14)19(12(2)3)11-13-7-5-6-9-16-13/h8,10,12-13,16H,4-7,9,11H2,1-3H3. The zero-order valence-corrected chi connectivity index (χ0v) is 12.8. The Balaban J connectivity index is 2.08. The number of rotatable bonds is 6. The first-order valence-corrected chi connectivity index (χ1v) is 7.66. The van der Waals surface area contributed by atoms with Crippen molar-refractivity contribution >= 4 is 5.95 Å². The van der Waals surface area contributed by atoms with Crippen LogP contribution in [0.4, 0.5) is 5.95 Å². The van der Waals surface area contributed by atoms with E-state index in [0.717, 1.165) is 19.0 Å². The van der Waals surface area contributed by atoms with Crippen molar-refractivity contribution < 1.29 is 4.74 Å². The van der Waals surface area contributed by atoms with Crippen LogP contribution in [0.1, 0.15) is 40.0 Å². The summed E-state index contributed by atoms with van der Waals surface area (Å²) in [4.78, 5) is 11.2. The van der Waals surface area contributed by atoms with E-state index in [1.807, 2.05) is 13.0 Å². The average Bonchev–Trinajstić information content (AvgIpc) is 2.46. The Labute approximate surface area is 121 Å². The van der Waals surface area contributed by atoms with E-state index < -0.39 is 0 Å². The lowest BCUT2D eigenvalue weighted by Gasteiger charge is -2.33. The van der Waals surface area contributed by atoms with Crippen LogP contribution in [0.15, 0.2) is 12.3 Å². The first-order chi connectivity index (χ1) is 9.70. The van der Waals surface area contributed by atoms with Crippen molar-refractivity contribution in [2.75, 3.05) is 24.6 Å². The van der Waals surface area contributed by atoms with Crippen LogP contribution in [0.2, 0.25) is 0 Å². The summed E-state index contributed by atoms with van der Waals surface area (Å²) >= 11 is 0. The predicted molar refractivity (Wildman–Crippen MR) is 81.3 cm³/mol. The van der Waals surface area contributed by atoms with Gasteiger partial charge in [-0.1, -0.05) is 6.42 Å². The highest BCUT2D eigenvalue weighted by Gasteiger charge is 2.21. The van der Waals surface area contributed by atoms with Crippen molar-refractivity contribution in [3.63, 3.8) is 0 Å². The zero-order chi connectivity index (χ0) is 14.4. The number of hydrogen-bond acceptors (Lipinski definition) is 5. The van der Waals surface area contributed by atoms with Gasteiger partial charge in [0.15, 0.2) is 0 Å². The summed E-state index contributed by atoms with van der Waals surface area (Å²) in [6, 6.07) is 2.71. The van der Waals surface area contributed by atoms with Gasteiger partial charge in [-0.15, -0.1) is 0 Å². The lowest BCUT2D eigenvalue weighted by atomic mass is 10.0. The minimum absolute atomic E-state index is 0.371. The maximum atomic E-state index is 5.47. The number of nitrogens with zero attached hydrogens (tertiary/aromatic N) is 3. The average molecular weight is 278 g/mol. The molecule has 1 atom stereocenters. The van der Waals surface area contributed by atoms with E-state index in [-0.39, 0.29) is 0 Å². The highest BCUT2D eigenvalue weighted by atomic mass is 16.5. The first-order valence-electron chi connectivity index (χ1n) is 7.66. The van der Waals surface area contributed by atoms with E-state index in [1.54, 1.807) is 6.20 Å². The Hall–Kier alpha value is -1.36. The van der Waals surface area contributed by atoms with Gasteiger partial charge >= 0.3 is 0 Å². The molecule has 1 aliphatic heterocycles. The molecule has 0 spiro atoms. The second kappa shape index (κ2) is 7.43. The SMILES string of the molecule is CCOc1ccnc(N(CC2CCCCN2)C(C)C)n1. The van der Waals surface area contributed by atoms with Crippen molar-refractivity contribution in [3.8, 4) is 5.88 Å². The Kier molecular flexibility index (Phi) is 5.59. The Morgan fingerprint density at radius 3 is 2.95 bits per heavy atom. The van der Waals surface area contributed by atoms with Crippen molar-refractivity contribution in [2.24, 2.45) is 0 Å². The van der Waals surface area contributed by atoms with Crippen molar-refractivity contribution in [2.45, 2.75) is 52.1 Å². The van der Waals surface area contributed by atoms with E-state index in [9.17, 15) is 0 Å². The largest absolute Gasteiger partial charge is 0.478 e. The minimum atomic E-state index is 0.371. The number of hydrogen-bond donors (Lipinski definition) is 1. The number of nitrogens with one attached hydrogen (secondary N) is 1. The molecule has 0 radical (unpaired) electrons. The quantitative estimate of drug-likeness (QED) is 0.865. The number of aromatic nitrogens is 2. The van der Waals surface area contributed by atoms with Crippen molar-refractivity contribution in [1.29, 1.82) is 0 Å². The molecule has 20 heavy (non-hydrogen) atoms. The zero-order valence-electron chi connectivity index (χ0n) is 12.8. The third-order valence-electron chi connectivity index (χ3n) is 3.62. The van der Waals surface area contributed by atoms with Gasteiger partial charge in [-0.3, -0.25) is 0 Å². The molecule has 1 N–H and O–H groups in total. The fourth-order valence-electron chi connectivity index (χ4n) is 2.54. The molecule has 1 saturated heterocycles. The summed E-state index contributed by atoms with van der Waals surface area (Å²) < 4.78 is 5.47.